The van der Waals surface area contributed by atoms with Crippen LogP contribution in [-0.2, 0) is 17.9 Å². The highest BCUT2D eigenvalue weighted by Gasteiger charge is 2.32. The number of carbonyl (C=O) groups excluding carboxylic acids is 1. The van der Waals surface area contributed by atoms with Crippen LogP contribution >= 0.6 is 27.5 Å². The molecule has 1 fully saturated rings. The number of nitrogens with one attached hydrogen (secondary N) is 1. The van der Waals surface area contributed by atoms with Gasteiger partial charge in [0.1, 0.15) is 12.4 Å². The normalized spacial score (nSPS) is 16.3. The van der Waals surface area contributed by atoms with Crippen molar-refractivity contribution in [3.05, 3.63) is 63.1 Å². The number of halogens is 2. The van der Waals surface area contributed by atoms with Crippen LogP contribution in [0.2, 0.25) is 5.02 Å². The Labute approximate surface area is 191 Å². The second-order valence-corrected chi connectivity index (χ2v) is 9.15. The van der Waals surface area contributed by atoms with Gasteiger partial charge < -0.3 is 15.2 Å². The second-order valence-electron chi connectivity index (χ2n) is 7.80. The summed E-state index contributed by atoms with van der Waals surface area (Å²) < 4.78 is 7.10. The molecule has 1 saturated heterocycles. The molecule has 0 atom stereocenters. The van der Waals surface area contributed by atoms with Crippen LogP contribution < -0.4 is 10.1 Å². The molecule has 3 rings (SSSR count). The third-order valence-corrected chi connectivity index (χ3v) is 6.19. The molecule has 0 saturated carbocycles. The minimum atomic E-state index is -0.827. The van der Waals surface area contributed by atoms with E-state index in [1.807, 2.05) is 43.3 Å². The number of piperidine rings is 1. The standard InChI is InChI=1S/C23H28BrClN2O3/c1-2-22(28)26-16-23(29)9-11-27(12-10-23)14-18-13-19(24)5-8-21(18)30-15-17-3-6-20(25)7-4-17/h3-8,13,29H,2,9-12,14-16H2,1H3,(H,26,28). The van der Waals surface area contributed by atoms with Crippen LogP contribution in [0.1, 0.15) is 37.3 Å². The lowest BCUT2D eigenvalue weighted by molar-refractivity contribution is -0.122. The Bertz CT molecular complexity index is 852. The number of benzene rings is 2. The first-order valence-corrected chi connectivity index (χ1v) is 11.4. The predicted octanol–water partition coefficient (Wildman–Crippen LogP) is 4.53. The number of rotatable bonds is 8. The fraction of sp³-hybridized carbons (Fsp3) is 0.435. The fourth-order valence-corrected chi connectivity index (χ4v) is 4.02. The molecule has 1 aliphatic heterocycles. The molecule has 1 heterocycles. The number of amides is 1. The average molecular weight is 496 g/mol. The van der Waals surface area contributed by atoms with Crippen molar-refractivity contribution in [3.8, 4) is 5.75 Å². The predicted molar refractivity (Wildman–Crippen MR) is 123 cm³/mol. The van der Waals surface area contributed by atoms with Crippen LogP contribution in [0.4, 0.5) is 0 Å². The zero-order valence-corrected chi connectivity index (χ0v) is 19.5. The lowest BCUT2D eigenvalue weighted by Crippen LogP contribution is -2.50. The van der Waals surface area contributed by atoms with Crippen LogP contribution in [0.15, 0.2) is 46.9 Å². The summed E-state index contributed by atoms with van der Waals surface area (Å²) in [5.74, 6) is 0.826. The van der Waals surface area contributed by atoms with Gasteiger partial charge in [-0.25, -0.2) is 0 Å². The number of aliphatic hydroxyl groups is 1. The molecule has 2 aromatic rings. The Hall–Kier alpha value is -1.60. The van der Waals surface area contributed by atoms with Gasteiger partial charge in [0.05, 0.1) is 5.60 Å². The molecule has 2 N–H and O–H groups in total. The van der Waals surface area contributed by atoms with Crippen molar-refractivity contribution in [2.24, 2.45) is 0 Å². The quantitative estimate of drug-likeness (QED) is 0.565. The number of carbonyl (C=O) groups is 1. The Kier molecular flexibility index (Phi) is 8.17. The number of hydrogen-bond acceptors (Lipinski definition) is 4. The summed E-state index contributed by atoms with van der Waals surface area (Å²) in [5.41, 5.74) is 1.33. The molecular formula is C23H28BrClN2O3. The third kappa shape index (κ3) is 6.71. The molecular weight excluding hydrogens is 468 g/mol. The smallest absolute Gasteiger partial charge is 0.219 e. The van der Waals surface area contributed by atoms with Crippen LogP contribution in [0.25, 0.3) is 0 Å². The Morgan fingerprint density at radius 2 is 1.93 bits per heavy atom. The number of likely N-dealkylation sites (tertiary alicyclic amines) is 1. The summed E-state index contributed by atoms with van der Waals surface area (Å²) in [6.07, 6.45) is 1.70. The second kappa shape index (κ2) is 10.6. The zero-order chi connectivity index (χ0) is 21.6. The van der Waals surface area contributed by atoms with E-state index >= 15 is 0 Å². The van der Waals surface area contributed by atoms with Crippen molar-refractivity contribution < 1.29 is 14.6 Å². The first kappa shape index (κ1) is 23.1. The number of ether oxygens (including phenoxy) is 1. The van der Waals surface area contributed by atoms with Gasteiger partial charge in [0.25, 0.3) is 0 Å². The summed E-state index contributed by atoms with van der Waals surface area (Å²) in [5, 5.41) is 14.3. The SMILES string of the molecule is CCC(=O)NCC1(O)CCN(Cc2cc(Br)ccc2OCc2ccc(Cl)cc2)CC1. The van der Waals surface area contributed by atoms with Crippen molar-refractivity contribution in [3.63, 3.8) is 0 Å². The van der Waals surface area contributed by atoms with Gasteiger partial charge in [-0.3, -0.25) is 9.69 Å². The van der Waals surface area contributed by atoms with E-state index in [9.17, 15) is 9.90 Å². The molecule has 30 heavy (non-hydrogen) atoms. The molecule has 1 amide bonds. The van der Waals surface area contributed by atoms with E-state index in [0.717, 1.165) is 41.0 Å². The number of hydrogen-bond donors (Lipinski definition) is 2. The topological polar surface area (TPSA) is 61.8 Å². The largest absolute Gasteiger partial charge is 0.489 e. The van der Waals surface area contributed by atoms with Crippen LogP contribution in [-0.4, -0.2) is 41.1 Å². The zero-order valence-electron chi connectivity index (χ0n) is 17.2. The molecule has 0 aliphatic carbocycles. The third-order valence-electron chi connectivity index (χ3n) is 5.45. The van der Waals surface area contributed by atoms with Gasteiger partial charge in [-0.15, -0.1) is 0 Å². The van der Waals surface area contributed by atoms with E-state index in [-0.39, 0.29) is 5.91 Å². The Morgan fingerprint density at radius 3 is 2.60 bits per heavy atom. The maximum Gasteiger partial charge on any atom is 0.219 e. The van der Waals surface area contributed by atoms with Gasteiger partial charge in [-0.2, -0.15) is 0 Å². The van der Waals surface area contributed by atoms with Crippen molar-refractivity contribution in [1.29, 1.82) is 0 Å². The van der Waals surface area contributed by atoms with Gasteiger partial charge in [0.15, 0.2) is 0 Å². The highest BCUT2D eigenvalue weighted by Crippen LogP contribution is 2.28. The van der Waals surface area contributed by atoms with Gasteiger partial charge in [0.2, 0.25) is 5.91 Å². The molecule has 0 spiro atoms. The van der Waals surface area contributed by atoms with Gasteiger partial charge >= 0.3 is 0 Å². The van der Waals surface area contributed by atoms with Gasteiger partial charge in [0, 0.05) is 47.7 Å². The molecule has 5 nitrogen and oxygen atoms in total. The Balaban J connectivity index is 1.58. The van der Waals surface area contributed by atoms with E-state index in [2.05, 4.69) is 32.2 Å². The number of nitrogens with zero attached hydrogens (tertiary/aromatic N) is 1. The van der Waals surface area contributed by atoms with E-state index in [4.69, 9.17) is 16.3 Å². The highest BCUT2D eigenvalue weighted by molar-refractivity contribution is 9.10. The minimum Gasteiger partial charge on any atom is -0.489 e. The maximum atomic E-state index is 11.5. The van der Waals surface area contributed by atoms with Crippen LogP contribution in [0, 0.1) is 0 Å². The molecule has 0 radical (unpaired) electrons. The molecule has 0 unspecified atom stereocenters. The Morgan fingerprint density at radius 1 is 1.23 bits per heavy atom. The summed E-state index contributed by atoms with van der Waals surface area (Å²) in [6, 6.07) is 13.7. The lowest BCUT2D eigenvalue weighted by atomic mass is 9.91. The minimum absolute atomic E-state index is 0.0255. The van der Waals surface area contributed by atoms with Crippen molar-refractivity contribution >= 4 is 33.4 Å². The monoisotopic (exact) mass is 494 g/mol. The van der Waals surface area contributed by atoms with Gasteiger partial charge in [-0.05, 0) is 48.7 Å². The van der Waals surface area contributed by atoms with Crippen molar-refractivity contribution in [2.75, 3.05) is 19.6 Å². The van der Waals surface area contributed by atoms with Crippen LogP contribution in [0.5, 0.6) is 5.75 Å². The van der Waals surface area contributed by atoms with E-state index < -0.39 is 5.60 Å². The molecule has 0 aromatic heterocycles. The first-order valence-electron chi connectivity index (χ1n) is 10.2. The van der Waals surface area contributed by atoms with Gasteiger partial charge in [-0.1, -0.05) is 46.6 Å². The first-order chi connectivity index (χ1) is 14.4. The highest BCUT2D eigenvalue weighted by atomic mass is 79.9. The van der Waals surface area contributed by atoms with Crippen LogP contribution in [0.3, 0.4) is 0 Å². The average Bonchev–Trinajstić information content (AvgIpc) is 2.74. The molecule has 7 heteroatoms. The summed E-state index contributed by atoms with van der Waals surface area (Å²) in [6.45, 7) is 4.88. The van der Waals surface area contributed by atoms with E-state index in [1.54, 1.807) is 0 Å². The molecule has 1 aliphatic rings. The van der Waals surface area contributed by atoms with E-state index in [0.29, 0.717) is 37.4 Å². The molecule has 2 aromatic carbocycles. The summed E-state index contributed by atoms with van der Waals surface area (Å²) in [4.78, 5) is 13.8. The van der Waals surface area contributed by atoms with E-state index in [1.165, 1.54) is 0 Å². The molecule has 162 valence electrons. The summed E-state index contributed by atoms with van der Waals surface area (Å²) in [7, 11) is 0. The molecule has 0 bridgehead atoms. The fourth-order valence-electron chi connectivity index (χ4n) is 3.49. The summed E-state index contributed by atoms with van der Waals surface area (Å²) >= 11 is 9.51. The maximum absolute atomic E-state index is 11.5. The van der Waals surface area contributed by atoms with Crippen molar-refractivity contribution in [2.45, 2.75) is 44.9 Å². The van der Waals surface area contributed by atoms with Crippen molar-refractivity contribution in [1.82, 2.24) is 10.2 Å². The lowest BCUT2D eigenvalue weighted by Gasteiger charge is -2.38.